The molecule has 0 bridgehead atoms. The van der Waals surface area contributed by atoms with Crippen molar-refractivity contribution in [3.8, 4) is 11.8 Å². The number of amides is 1. The van der Waals surface area contributed by atoms with Crippen LogP contribution in [0.2, 0.25) is 0 Å². The van der Waals surface area contributed by atoms with Crippen LogP contribution in [0.3, 0.4) is 0 Å². The lowest BCUT2D eigenvalue weighted by molar-refractivity contribution is -0.123. The highest BCUT2D eigenvalue weighted by molar-refractivity contribution is 5.87. The fourth-order valence-corrected chi connectivity index (χ4v) is 1.62. The number of hydrogen-bond donors (Lipinski definition) is 2. The van der Waals surface area contributed by atoms with Gasteiger partial charge in [0.15, 0.2) is 12.4 Å². The van der Waals surface area contributed by atoms with Crippen molar-refractivity contribution >= 4 is 16.9 Å². The van der Waals surface area contributed by atoms with Crippen molar-refractivity contribution in [1.29, 1.82) is 5.26 Å². The van der Waals surface area contributed by atoms with E-state index in [0.29, 0.717) is 11.0 Å². The van der Waals surface area contributed by atoms with Crippen LogP contribution in [0, 0.1) is 11.3 Å². The van der Waals surface area contributed by atoms with E-state index in [1.54, 1.807) is 24.3 Å². The van der Waals surface area contributed by atoms with Crippen molar-refractivity contribution < 1.29 is 19.1 Å². The van der Waals surface area contributed by atoms with Crippen molar-refractivity contribution in [3.63, 3.8) is 0 Å². The first-order valence-electron chi connectivity index (χ1n) is 5.68. The van der Waals surface area contributed by atoms with E-state index in [4.69, 9.17) is 19.5 Å². The highest BCUT2D eigenvalue weighted by atomic mass is 16.5. The zero-order chi connectivity index (χ0) is 13.7. The number of nitrogens with zero attached hydrogens (tertiary/aromatic N) is 1. The zero-order valence-electron chi connectivity index (χ0n) is 10.0. The Hall–Kier alpha value is -2.52. The smallest absolute Gasteiger partial charge is 0.258 e. The van der Waals surface area contributed by atoms with Gasteiger partial charge in [-0.25, -0.2) is 0 Å². The van der Waals surface area contributed by atoms with Crippen LogP contribution in [-0.2, 0) is 4.79 Å². The Morgan fingerprint density at radius 2 is 2.26 bits per heavy atom. The van der Waals surface area contributed by atoms with Crippen molar-refractivity contribution in [2.24, 2.45) is 0 Å². The first kappa shape index (κ1) is 12.9. The molecule has 2 rings (SSSR count). The molecule has 0 atom stereocenters. The number of aliphatic hydroxyl groups is 1. The lowest BCUT2D eigenvalue weighted by Gasteiger charge is -2.05. The van der Waals surface area contributed by atoms with Crippen LogP contribution in [-0.4, -0.2) is 30.8 Å². The van der Waals surface area contributed by atoms with Crippen LogP contribution in [0.4, 0.5) is 0 Å². The van der Waals surface area contributed by atoms with Crippen molar-refractivity contribution in [3.05, 3.63) is 30.0 Å². The number of nitrogens with one attached hydrogen (secondary N) is 1. The second kappa shape index (κ2) is 5.89. The third kappa shape index (κ3) is 2.84. The minimum absolute atomic E-state index is 0.0381. The Balaban J connectivity index is 2.16. The molecule has 1 aromatic heterocycles. The normalized spacial score (nSPS) is 10.1. The quantitative estimate of drug-likeness (QED) is 0.828. The van der Waals surface area contributed by atoms with Gasteiger partial charge in [0.1, 0.15) is 11.7 Å². The fourth-order valence-electron chi connectivity index (χ4n) is 1.62. The second-order valence-corrected chi connectivity index (χ2v) is 3.73. The summed E-state index contributed by atoms with van der Waals surface area (Å²) in [5, 5.41) is 20.6. The van der Waals surface area contributed by atoms with Crippen LogP contribution in [0.15, 0.2) is 28.7 Å². The number of carbonyl (C=O) groups is 1. The van der Waals surface area contributed by atoms with Gasteiger partial charge in [0.2, 0.25) is 5.76 Å². The van der Waals surface area contributed by atoms with E-state index in [0.717, 1.165) is 0 Å². The number of benzene rings is 1. The molecule has 0 saturated carbocycles. The molecule has 0 aliphatic heterocycles. The topological polar surface area (TPSA) is 95.5 Å². The van der Waals surface area contributed by atoms with Crippen LogP contribution < -0.4 is 10.1 Å². The molecule has 0 saturated heterocycles. The maximum atomic E-state index is 11.4. The molecular formula is C13H12N2O4. The van der Waals surface area contributed by atoms with Gasteiger partial charge in [-0.15, -0.1) is 0 Å². The maximum Gasteiger partial charge on any atom is 0.258 e. The van der Waals surface area contributed by atoms with Gasteiger partial charge in [0, 0.05) is 6.54 Å². The molecule has 2 aromatic rings. The van der Waals surface area contributed by atoms with Crippen LogP contribution in [0.5, 0.6) is 5.75 Å². The third-order valence-corrected chi connectivity index (χ3v) is 2.43. The number of fused-ring (bicyclic) bond motifs is 1. The lowest BCUT2D eigenvalue weighted by Crippen LogP contribution is -2.31. The molecule has 6 nitrogen and oxygen atoms in total. The first-order chi connectivity index (χ1) is 9.26. The third-order valence-electron chi connectivity index (χ3n) is 2.43. The molecule has 0 spiro atoms. The molecule has 0 fully saturated rings. The monoisotopic (exact) mass is 260 g/mol. The lowest BCUT2D eigenvalue weighted by atomic mass is 10.2. The standard InChI is InChI=1S/C13H12N2O4/c14-7-11-13(18-8-12(17)15-5-6-16)9-3-1-2-4-10(9)19-11/h1-4,16H,5-6,8H2,(H,15,17). The minimum Gasteiger partial charge on any atom is -0.478 e. The van der Waals surface area contributed by atoms with Gasteiger partial charge in [-0.2, -0.15) is 5.26 Å². The molecule has 0 radical (unpaired) electrons. The summed E-state index contributed by atoms with van der Waals surface area (Å²) in [6, 6.07) is 8.93. The van der Waals surface area contributed by atoms with Gasteiger partial charge in [0.25, 0.3) is 5.91 Å². The van der Waals surface area contributed by atoms with Gasteiger partial charge in [-0.1, -0.05) is 12.1 Å². The summed E-state index contributed by atoms with van der Waals surface area (Å²) >= 11 is 0. The van der Waals surface area contributed by atoms with Gasteiger partial charge < -0.3 is 19.6 Å². The molecule has 19 heavy (non-hydrogen) atoms. The molecule has 6 heteroatoms. The van der Waals surface area contributed by atoms with Gasteiger partial charge in [-0.05, 0) is 12.1 Å². The van der Waals surface area contributed by atoms with Crippen molar-refractivity contribution in [2.45, 2.75) is 0 Å². The molecule has 2 N–H and O–H groups in total. The fraction of sp³-hybridized carbons (Fsp3) is 0.231. The number of hydrogen-bond acceptors (Lipinski definition) is 5. The number of rotatable bonds is 5. The molecule has 98 valence electrons. The summed E-state index contributed by atoms with van der Waals surface area (Å²) < 4.78 is 10.6. The molecule has 1 aromatic carbocycles. The number of para-hydroxylation sites is 1. The van der Waals surface area contributed by atoms with E-state index >= 15 is 0 Å². The Labute approximate surface area is 109 Å². The van der Waals surface area contributed by atoms with Crippen molar-refractivity contribution in [2.75, 3.05) is 19.8 Å². The molecule has 1 heterocycles. The average molecular weight is 260 g/mol. The van der Waals surface area contributed by atoms with E-state index in [2.05, 4.69) is 5.32 Å². The SMILES string of the molecule is N#Cc1oc2ccccc2c1OCC(=O)NCCO. The minimum atomic E-state index is -0.372. The van der Waals surface area contributed by atoms with Crippen LogP contribution in [0.25, 0.3) is 11.0 Å². The predicted octanol–water partition coefficient (Wildman–Crippen LogP) is 0.792. The highest BCUT2D eigenvalue weighted by Gasteiger charge is 2.16. The van der Waals surface area contributed by atoms with Gasteiger partial charge >= 0.3 is 0 Å². The summed E-state index contributed by atoms with van der Waals surface area (Å²) in [6.07, 6.45) is 0. The van der Waals surface area contributed by atoms with Gasteiger partial charge in [0.05, 0.1) is 12.0 Å². The maximum absolute atomic E-state index is 11.4. The van der Waals surface area contributed by atoms with E-state index in [1.165, 1.54) is 0 Å². The number of ether oxygens (including phenoxy) is 1. The summed E-state index contributed by atoms with van der Waals surface area (Å²) in [5.41, 5.74) is 0.532. The largest absolute Gasteiger partial charge is 0.478 e. The summed E-state index contributed by atoms with van der Waals surface area (Å²) in [6.45, 7) is -0.207. The van der Waals surface area contributed by atoms with E-state index < -0.39 is 0 Å². The molecule has 0 aliphatic carbocycles. The molecule has 0 aliphatic rings. The molecular weight excluding hydrogens is 248 g/mol. The van der Waals surface area contributed by atoms with E-state index in [-0.39, 0.29) is 37.2 Å². The Kier molecular flexibility index (Phi) is 4.00. The first-order valence-corrected chi connectivity index (χ1v) is 5.68. The molecule has 1 amide bonds. The van der Waals surface area contributed by atoms with Gasteiger partial charge in [-0.3, -0.25) is 4.79 Å². The number of aliphatic hydroxyl groups excluding tert-OH is 1. The van der Waals surface area contributed by atoms with E-state index in [9.17, 15) is 4.79 Å². The number of carbonyl (C=O) groups excluding carboxylic acids is 1. The number of nitriles is 1. The Morgan fingerprint density at radius 3 is 3.00 bits per heavy atom. The number of furan rings is 1. The van der Waals surface area contributed by atoms with Crippen molar-refractivity contribution in [1.82, 2.24) is 5.32 Å². The Morgan fingerprint density at radius 1 is 1.47 bits per heavy atom. The zero-order valence-corrected chi connectivity index (χ0v) is 10.0. The molecule has 0 unspecified atom stereocenters. The highest BCUT2D eigenvalue weighted by Crippen LogP contribution is 2.32. The summed E-state index contributed by atoms with van der Waals surface area (Å²) in [5.74, 6) is -0.0726. The summed E-state index contributed by atoms with van der Waals surface area (Å²) in [7, 11) is 0. The predicted molar refractivity (Wildman–Crippen MR) is 66.5 cm³/mol. The van der Waals surface area contributed by atoms with E-state index in [1.807, 2.05) is 6.07 Å². The Bertz CT molecular complexity index is 627. The van der Waals surface area contributed by atoms with Crippen LogP contribution in [0.1, 0.15) is 5.76 Å². The van der Waals surface area contributed by atoms with Crippen LogP contribution >= 0.6 is 0 Å². The summed E-state index contributed by atoms with van der Waals surface area (Å²) in [4.78, 5) is 11.4. The second-order valence-electron chi connectivity index (χ2n) is 3.73. The average Bonchev–Trinajstić information content (AvgIpc) is 2.80.